The van der Waals surface area contributed by atoms with Gasteiger partial charge >= 0.3 is 5.97 Å². The summed E-state index contributed by atoms with van der Waals surface area (Å²) in [7, 11) is -1.86. The summed E-state index contributed by atoms with van der Waals surface area (Å²) in [4.78, 5) is 10.6. The second-order valence-electron chi connectivity index (χ2n) is 5.07. The molecule has 116 valence electrons. The van der Waals surface area contributed by atoms with Gasteiger partial charge in [-0.2, -0.15) is 4.31 Å². The Hall–Kier alpha value is -1.60. The summed E-state index contributed by atoms with van der Waals surface area (Å²) in [5.41, 5.74) is 0. The number of hydrogen-bond donors (Lipinski definition) is 1. The van der Waals surface area contributed by atoms with E-state index in [0.717, 1.165) is 19.3 Å². The van der Waals surface area contributed by atoms with Crippen LogP contribution in [-0.2, 0) is 14.8 Å². The molecule has 0 amide bonds. The molecule has 0 radical (unpaired) electrons. The van der Waals surface area contributed by atoms with Crippen molar-refractivity contribution in [3.8, 4) is 5.75 Å². The summed E-state index contributed by atoms with van der Waals surface area (Å²) >= 11 is 0. The molecule has 0 unspecified atom stereocenters. The van der Waals surface area contributed by atoms with Crippen LogP contribution in [0.25, 0.3) is 0 Å². The van der Waals surface area contributed by atoms with Gasteiger partial charge in [0.25, 0.3) is 0 Å². The highest BCUT2D eigenvalue weighted by atomic mass is 32.2. The van der Waals surface area contributed by atoms with Crippen molar-refractivity contribution in [2.24, 2.45) is 0 Å². The molecule has 0 saturated heterocycles. The molecule has 0 aliphatic heterocycles. The van der Waals surface area contributed by atoms with Gasteiger partial charge in [-0.1, -0.05) is 6.42 Å². The number of benzene rings is 1. The number of carboxylic acids is 1. The van der Waals surface area contributed by atoms with E-state index >= 15 is 0 Å². The van der Waals surface area contributed by atoms with Crippen molar-refractivity contribution in [2.75, 3.05) is 13.7 Å². The van der Waals surface area contributed by atoms with Crippen molar-refractivity contribution in [3.63, 3.8) is 0 Å². The van der Waals surface area contributed by atoms with Crippen molar-refractivity contribution < 1.29 is 23.1 Å². The van der Waals surface area contributed by atoms with Crippen LogP contribution >= 0.6 is 0 Å². The lowest BCUT2D eigenvalue weighted by Crippen LogP contribution is -2.41. The smallest absolute Gasteiger partial charge is 0.306 e. The maximum atomic E-state index is 12.4. The summed E-state index contributed by atoms with van der Waals surface area (Å²) in [5, 5.41) is 8.52. The molecule has 1 fully saturated rings. The summed E-state index contributed by atoms with van der Waals surface area (Å²) in [6.07, 6.45) is 2.80. The number of nitrogens with zero attached hydrogens (tertiary/aromatic N) is 1. The van der Waals surface area contributed by atoms with E-state index < -0.39 is 16.0 Å². The number of rotatable bonds is 7. The number of carboxylic acid groups (broad SMARTS) is 1. The number of hydrogen-bond acceptors (Lipinski definition) is 4. The molecular weight excluding hydrogens is 294 g/mol. The quantitative estimate of drug-likeness (QED) is 0.828. The summed E-state index contributed by atoms with van der Waals surface area (Å²) in [5.74, 6) is -0.474. The Morgan fingerprint density at radius 3 is 2.43 bits per heavy atom. The Kier molecular flexibility index (Phi) is 4.84. The maximum Gasteiger partial charge on any atom is 0.306 e. The molecular formula is C14H19NO5S. The normalized spacial score (nSPS) is 15.7. The number of sulfonamides is 1. The van der Waals surface area contributed by atoms with Gasteiger partial charge in [0.05, 0.1) is 17.9 Å². The molecule has 1 aromatic carbocycles. The van der Waals surface area contributed by atoms with Gasteiger partial charge in [-0.25, -0.2) is 8.42 Å². The van der Waals surface area contributed by atoms with Crippen LogP contribution in [0.15, 0.2) is 29.2 Å². The third-order valence-electron chi connectivity index (χ3n) is 3.67. The first kappa shape index (κ1) is 15.8. The molecule has 0 heterocycles. The predicted octanol–water partition coefficient (Wildman–Crippen LogP) is 1.71. The van der Waals surface area contributed by atoms with Crippen LogP contribution in [0.5, 0.6) is 5.75 Å². The molecule has 0 bridgehead atoms. The Morgan fingerprint density at radius 1 is 1.33 bits per heavy atom. The minimum Gasteiger partial charge on any atom is -0.493 e. The van der Waals surface area contributed by atoms with Crippen molar-refractivity contribution in [3.05, 3.63) is 24.3 Å². The van der Waals surface area contributed by atoms with Gasteiger partial charge in [0.2, 0.25) is 10.0 Å². The average molecular weight is 313 g/mol. The molecule has 21 heavy (non-hydrogen) atoms. The average Bonchev–Trinajstić information content (AvgIpc) is 2.37. The van der Waals surface area contributed by atoms with Gasteiger partial charge in [-0.15, -0.1) is 0 Å². The number of carbonyl (C=O) groups is 1. The fourth-order valence-corrected chi connectivity index (χ4v) is 3.49. The molecule has 1 N–H and O–H groups in total. The molecule has 2 rings (SSSR count). The van der Waals surface area contributed by atoms with E-state index in [4.69, 9.17) is 9.84 Å². The summed E-state index contributed by atoms with van der Waals surface area (Å²) in [6.45, 7) is 0.0589. The molecule has 6 nitrogen and oxygen atoms in total. The SMILES string of the molecule is CN(C1CCC1)S(=O)(=O)c1ccc(OCCC(=O)O)cc1. The molecule has 1 aliphatic carbocycles. The summed E-state index contributed by atoms with van der Waals surface area (Å²) in [6, 6.07) is 6.16. The van der Waals surface area contributed by atoms with Crippen LogP contribution in [0, 0.1) is 0 Å². The Bertz CT molecular complexity index is 592. The Balaban J connectivity index is 2.02. The standard InChI is InChI=1S/C14H19NO5S/c1-15(11-3-2-4-11)21(18,19)13-7-5-12(6-8-13)20-10-9-14(16)17/h5-8,11H,2-4,9-10H2,1H3,(H,16,17). The number of aliphatic carboxylic acids is 1. The first-order chi connectivity index (χ1) is 9.91. The minimum atomic E-state index is -3.47. The van der Waals surface area contributed by atoms with Crippen LogP contribution < -0.4 is 4.74 Å². The van der Waals surface area contributed by atoms with Gasteiger partial charge in [0.15, 0.2) is 0 Å². The van der Waals surface area contributed by atoms with Gasteiger partial charge < -0.3 is 9.84 Å². The highest BCUT2D eigenvalue weighted by molar-refractivity contribution is 7.89. The predicted molar refractivity (Wildman–Crippen MR) is 76.8 cm³/mol. The molecule has 1 aliphatic rings. The molecule has 0 atom stereocenters. The van der Waals surface area contributed by atoms with Crippen LogP contribution in [0.2, 0.25) is 0 Å². The van der Waals surface area contributed by atoms with E-state index in [1.807, 2.05) is 0 Å². The highest BCUT2D eigenvalue weighted by Gasteiger charge is 2.31. The second kappa shape index (κ2) is 6.44. The van der Waals surface area contributed by atoms with E-state index in [2.05, 4.69) is 0 Å². The molecule has 1 saturated carbocycles. The fraction of sp³-hybridized carbons (Fsp3) is 0.500. The fourth-order valence-electron chi connectivity index (χ4n) is 2.08. The monoisotopic (exact) mass is 313 g/mol. The van der Waals surface area contributed by atoms with Crippen LogP contribution in [0.3, 0.4) is 0 Å². The molecule has 0 spiro atoms. The zero-order valence-corrected chi connectivity index (χ0v) is 12.7. The molecule has 7 heteroatoms. The lowest BCUT2D eigenvalue weighted by atomic mass is 9.94. The highest BCUT2D eigenvalue weighted by Crippen LogP contribution is 2.29. The zero-order valence-electron chi connectivity index (χ0n) is 11.9. The van der Waals surface area contributed by atoms with E-state index in [1.54, 1.807) is 19.2 Å². The third-order valence-corrected chi connectivity index (χ3v) is 5.60. The van der Waals surface area contributed by atoms with Crippen LogP contribution in [-0.4, -0.2) is 43.5 Å². The van der Waals surface area contributed by atoms with Gasteiger partial charge in [-0.3, -0.25) is 4.79 Å². The minimum absolute atomic E-state index is 0.0589. The van der Waals surface area contributed by atoms with E-state index in [1.165, 1.54) is 16.4 Å². The van der Waals surface area contributed by atoms with E-state index in [9.17, 15) is 13.2 Å². The zero-order chi connectivity index (χ0) is 15.5. The van der Waals surface area contributed by atoms with Crippen molar-refractivity contribution in [1.82, 2.24) is 4.31 Å². The Morgan fingerprint density at radius 2 is 1.95 bits per heavy atom. The second-order valence-corrected chi connectivity index (χ2v) is 7.07. The van der Waals surface area contributed by atoms with E-state index in [0.29, 0.717) is 5.75 Å². The van der Waals surface area contributed by atoms with E-state index in [-0.39, 0.29) is 24.0 Å². The van der Waals surface area contributed by atoms with Gasteiger partial charge in [-0.05, 0) is 37.1 Å². The Labute approximate surface area is 124 Å². The van der Waals surface area contributed by atoms with Gasteiger partial charge in [0.1, 0.15) is 5.75 Å². The molecule has 0 aromatic heterocycles. The maximum absolute atomic E-state index is 12.4. The van der Waals surface area contributed by atoms with Crippen LogP contribution in [0.1, 0.15) is 25.7 Å². The first-order valence-corrected chi connectivity index (χ1v) is 8.28. The lowest BCUT2D eigenvalue weighted by molar-refractivity contribution is -0.137. The largest absolute Gasteiger partial charge is 0.493 e. The third kappa shape index (κ3) is 3.74. The lowest BCUT2D eigenvalue weighted by Gasteiger charge is -2.33. The van der Waals surface area contributed by atoms with Crippen molar-refractivity contribution >= 4 is 16.0 Å². The number of ether oxygens (including phenoxy) is 1. The van der Waals surface area contributed by atoms with Crippen molar-refractivity contribution in [2.45, 2.75) is 36.6 Å². The topological polar surface area (TPSA) is 83.9 Å². The molecule has 1 aromatic rings. The summed E-state index contributed by atoms with van der Waals surface area (Å²) < 4.78 is 31.4. The van der Waals surface area contributed by atoms with Crippen LogP contribution in [0.4, 0.5) is 0 Å². The van der Waals surface area contributed by atoms with Crippen molar-refractivity contribution in [1.29, 1.82) is 0 Å². The first-order valence-electron chi connectivity index (χ1n) is 6.84. The van der Waals surface area contributed by atoms with Gasteiger partial charge in [0, 0.05) is 13.1 Å².